The quantitative estimate of drug-likeness (QED) is 0.411. The fraction of sp³-hybridized carbons (Fsp3) is 0.200. The molecule has 2 heterocycles. The Bertz CT molecular complexity index is 1230. The van der Waals surface area contributed by atoms with Crippen LogP contribution >= 0.6 is 27.7 Å². The number of anilines is 1. The monoisotopic (exact) mass is 473 g/mol. The molecule has 0 unspecified atom stereocenters. The number of nitrogens with zero attached hydrogens (tertiary/aromatic N) is 4. The van der Waals surface area contributed by atoms with E-state index in [-0.39, 0.29) is 23.3 Å². The van der Waals surface area contributed by atoms with E-state index in [0.29, 0.717) is 15.1 Å². The van der Waals surface area contributed by atoms with Gasteiger partial charge >= 0.3 is 0 Å². The van der Waals surface area contributed by atoms with Crippen LogP contribution in [0.4, 0.5) is 10.1 Å². The SMILES string of the molecule is CC(C)c1nnc2c(SCC(=O)Nc3ccc(Br)cc3F)nc3ccccc3n12. The highest BCUT2D eigenvalue weighted by Gasteiger charge is 2.18. The van der Waals surface area contributed by atoms with E-state index in [4.69, 9.17) is 0 Å². The Morgan fingerprint density at radius 2 is 2.03 bits per heavy atom. The predicted molar refractivity (Wildman–Crippen MR) is 116 cm³/mol. The van der Waals surface area contributed by atoms with E-state index in [9.17, 15) is 9.18 Å². The average molecular weight is 474 g/mol. The van der Waals surface area contributed by atoms with Crippen LogP contribution in [-0.2, 0) is 4.79 Å². The third-order valence-electron chi connectivity index (χ3n) is 4.29. The zero-order valence-corrected chi connectivity index (χ0v) is 18.1. The maximum atomic E-state index is 13.9. The Morgan fingerprint density at radius 3 is 2.79 bits per heavy atom. The molecule has 2 aromatic heterocycles. The molecule has 0 saturated carbocycles. The van der Waals surface area contributed by atoms with Crippen LogP contribution in [0.5, 0.6) is 0 Å². The molecule has 0 bridgehead atoms. The van der Waals surface area contributed by atoms with Gasteiger partial charge in [0.15, 0.2) is 5.65 Å². The van der Waals surface area contributed by atoms with Gasteiger partial charge in [0, 0.05) is 10.4 Å². The summed E-state index contributed by atoms with van der Waals surface area (Å²) in [6, 6.07) is 12.2. The summed E-state index contributed by atoms with van der Waals surface area (Å²) in [6.45, 7) is 4.11. The molecule has 148 valence electrons. The largest absolute Gasteiger partial charge is 0.323 e. The predicted octanol–water partition coefficient (Wildman–Crippen LogP) is 5.03. The van der Waals surface area contributed by atoms with Crippen molar-refractivity contribution in [2.45, 2.75) is 24.8 Å². The molecule has 1 N–H and O–H groups in total. The summed E-state index contributed by atoms with van der Waals surface area (Å²) in [7, 11) is 0. The Morgan fingerprint density at radius 1 is 1.24 bits per heavy atom. The lowest BCUT2D eigenvalue weighted by molar-refractivity contribution is -0.113. The van der Waals surface area contributed by atoms with Crippen molar-refractivity contribution in [1.82, 2.24) is 19.6 Å². The van der Waals surface area contributed by atoms with E-state index < -0.39 is 5.82 Å². The van der Waals surface area contributed by atoms with E-state index in [2.05, 4.69) is 50.3 Å². The Balaban J connectivity index is 1.63. The molecule has 1 amide bonds. The van der Waals surface area contributed by atoms with Crippen LogP contribution < -0.4 is 5.32 Å². The smallest absolute Gasteiger partial charge is 0.234 e. The summed E-state index contributed by atoms with van der Waals surface area (Å²) in [5.41, 5.74) is 2.46. The minimum Gasteiger partial charge on any atom is -0.323 e. The number of rotatable bonds is 5. The maximum Gasteiger partial charge on any atom is 0.234 e. The molecule has 0 fully saturated rings. The van der Waals surface area contributed by atoms with Crippen molar-refractivity contribution < 1.29 is 9.18 Å². The first kappa shape index (κ1) is 19.8. The number of fused-ring (bicyclic) bond motifs is 3. The summed E-state index contributed by atoms with van der Waals surface area (Å²) in [5, 5.41) is 11.8. The minimum absolute atomic E-state index is 0.0698. The summed E-state index contributed by atoms with van der Waals surface area (Å²) in [6.07, 6.45) is 0. The van der Waals surface area contributed by atoms with Crippen molar-refractivity contribution in [1.29, 1.82) is 0 Å². The normalized spacial score (nSPS) is 11.5. The van der Waals surface area contributed by atoms with E-state index >= 15 is 0 Å². The van der Waals surface area contributed by atoms with Gasteiger partial charge in [-0.3, -0.25) is 9.20 Å². The minimum atomic E-state index is -0.497. The van der Waals surface area contributed by atoms with Crippen LogP contribution in [0.25, 0.3) is 16.7 Å². The van der Waals surface area contributed by atoms with Gasteiger partial charge in [0.1, 0.15) is 16.7 Å². The van der Waals surface area contributed by atoms with Gasteiger partial charge in [-0.05, 0) is 30.3 Å². The van der Waals surface area contributed by atoms with Gasteiger partial charge in [0.2, 0.25) is 5.91 Å². The van der Waals surface area contributed by atoms with E-state index in [1.807, 2.05) is 28.7 Å². The van der Waals surface area contributed by atoms with Crippen LogP contribution in [0.1, 0.15) is 25.6 Å². The summed E-state index contributed by atoms with van der Waals surface area (Å²) in [5.74, 6) is 0.260. The molecular weight excluding hydrogens is 457 g/mol. The molecule has 9 heteroatoms. The lowest BCUT2D eigenvalue weighted by Crippen LogP contribution is -2.15. The highest BCUT2D eigenvalue weighted by molar-refractivity contribution is 9.10. The fourth-order valence-electron chi connectivity index (χ4n) is 2.96. The summed E-state index contributed by atoms with van der Waals surface area (Å²) in [4.78, 5) is 17.0. The van der Waals surface area contributed by atoms with Gasteiger partial charge in [-0.1, -0.05) is 53.7 Å². The van der Waals surface area contributed by atoms with Gasteiger partial charge in [-0.2, -0.15) is 0 Å². The third-order valence-corrected chi connectivity index (χ3v) is 5.73. The van der Waals surface area contributed by atoms with Gasteiger partial charge in [-0.15, -0.1) is 10.2 Å². The Kier molecular flexibility index (Phi) is 5.51. The van der Waals surface area contributed by atoms with Crippen LogP contribution in [0.2, 0.25) is 0 Å². The second-order valence-electron chi connectivity index (χ2n) is 6.74. The molecule has 4 rings (SSSR count). The molecule has 6 nitrogen and oxygen atoms in total. The van der Waals surface area contributed by atoms with Crippen molar-refractivity contribution >= 4 is 56.0 Å². The second-order valence-corrected chi connectivity index (χ2v) is 8.62. The molecular formula is C20H17BrFN5OS. The molecule has 0 aliphatic rings. The number of carbonyl (C=O) groups excluding carboxylic acids is 1. The van der Waals surface area contributed by atoms with E-state index in [1.54, 1.807) is 6.07 Å². The average Bonchev–Trinajstić information content (AvgIpc) is 3.14. The Hall–Kier alpha value is -2.52. The highest BCUT2D eigenvalue weighted by Crippen LogP contribution is 2.28. The third kappa shape index (κ3) is 3.97. The molecule has 29 heavy (non-hydrogen) atoms. The first-order valence-electron chi connectivity index (χ1n) is 8.95. The molecule has 0 radical (unpaired) electrons. The number of halogens is 2. The first-order chi connectivity index (χ1) is 13.9. The van der Waals surface area contributed by atoms with Crippen LogP contribution in [0.15, 0.2) is 52.0 Å². The van der Waals surface area contributed by atoms with Gasteiger partial charge in [0.25, 0.3) is 0 Å². The number of amides is 1. The number of thioether (sulfide) groups is 1. The summed E-state index contributed by atoms with van der Waals surface area (Å²) >= 11 is 4.45. The molecule has 0 atom stereocenters. The van der Waals surface area contributed by atoms with Crippen molar-refractivity contribution in [3.63, 3.8) is 0 Å². The molecule has 4 aromatic rings. The molecule has 0 aliphatic heterocycles. The second kappa shape index (κ2) is 8.08. The number of hydrogen-bond donors (Lipinski definition) is 1. The van der Waals surface area contributed by atoms with Gasteiger partial charge < -0.3 is 5.32 Å². The number of carbonyl (C=O) groups is 1. The lowest BCUT2D eigenvalue weighted by atomic mass is 10.2. The first-order valence-corrected chi connectivity index (χ1v) is 10.7. The molecule has 0 saturated heterocycles. The topological polar surface area (TPSA) is 72.2 Å². The number of benzene rings is 2. The molecule has 2 aromatic carbocycles. The van der Waals surface area contributed by atoms with Crippen LogP contribution in [0, 0.1) is 5.82 Å². The lowest BCUT2D eigenvalue weighted by Gasteiger charge is -2.10. The van der Waals surface area contributed by atoms with Gasteiger partial charge in [0.05, 0.1) is 22.5 Å². The van der Waals surface area contributed by atoms with Crippen molar-refractivity contribution in [2.24, 2.45) is 0 Å². The van der Waals surface area contributed by atoms with Crippen molar-refractivity contribution in [2.75, 3.05) is 11.1 Å². The maximum absolute atomic E-state index is 13.9. The van der Waals surface area contributed by atoms with Gasteiger partial charge in [-0.25, -0.2) is 9.37 Å². The zero-order chi connectivity index (χ0) is 20.5. The molecule has 0 aliphatic carbocycles. The van der Waals surface area contributed by atoms with Crippen LogP contribution in [-0.4, -0.2) is 31.2 Å². The van der Waals surface area contributed by atoms with Crippen molar-refractivity contribution in [3.8, 4) is 0 Å². The van der Waals surface area contributed by atoms with E-state index in [0.717, 1.165) is 16.9 Å². The summed E-state index contributed by atoms with van der Waals surface area (Å²) < 4.78 is 16.5. The highest BCUT2D eigenvalue weighted by atomic mass is 79.9. The fourth-order valence-corrected chi connectivity index (χ4v) is 4.06. The molecule has 0 spiro atoms. The zero-order valence-electron chi connectivity index (χ0n) is 15.7. The number of para-hydroxylation sites is 2. The van der Waals surface area contributed by atoms with Crippen molar-refractivity contribution in [3.05, 3.63) is 58.6 Å². The van der Waals surface area contributed by atoms with Crippen LogP contribution in [0.3, 0.4) is 0 Å². The number of aromatic nitrogens is 4. The number of nitrogens with one attached hydrogen (secondary N) is 1. The number of hydrogen-bond acceptors (Lipinski definition) is 5. The Labute approximate surface area is 179 Å². The van der Waals surface area contributed by atoms with E-state index in [1.165, 1.54) is 23.9 Å². The standard InChI is InChI=1S/C20H17BrFN5OS/c1-11(2)18-25-26-19-20(24-15-5-3-4-6-16(15)27(18)19)29-10-17(28)23-14-8-7-12(21)9-13(14)22/h3-9,11H,10H2,1-2H3,(H,23,28).